The lowest BCUT2D eigenvalue weighted by Crippen LogP contribution is -2.49. The zero-order valence-electron chi connectivity index (χ0n) is 15.0. The van der Waals surface area contributed by atoms with E-state index in [1.165, 1.54) is 0 Å². The first-order valence-corrected chi connectivity index (χ1v) is 9.46. The molecule has 27 heavy (non-hydrogen) atoms. The van der Waals surface area contributed by atoms with Gasteiger partial charge in [-0.2, -0.15) is 0 Å². The Labute approximate surface area is 162 Å². The first-order valence-electron chi connectivity index (χ1n) is 9.09. The summed E-state index contributed by atoms with van der Waals surface area (Å²) < 4.78 is 5.34. The van der Waals surface area contributed by atoms with Gasteiger partial charge in [0.15, 0.2) is 11.5 Å². The van der Waals surface area contributed by atoms with Crippen LogP contribution < -0.4 is 11.1 Å². The van der Waals surface area contributed by atoms with Crippen LogP contribution in [-0.2, 0) is 4.79 Å². The van der Waals surface area contributed by atoms with E-state index >= 15 is 0 Å². The molecule has 0 bridgehead atoms. The van der Waals surface area contributed by atoms with Gasteiger partial charge in [-0.05, 0) is 43.5 Å². The van der Waals surface area contributed by atoms with Crippen molar-refractivity contribution in [2.24, 2.45) is 5.73 Å². The van der Waals surface area contributed by atoms with E-state index < -0.39 is 0 Å². The lowest BCUT2D eigenvalue weighted by atomic mass is 10.0. The van der Waals surface area contributed by atoms with Crippen LogP contribution in [0.25, 0.3) is 11.3 Å². The molecule has 2 heterocycles. The Morgan fingerprint density at radius 1 is 1.30 bits per heavy atom. The molecule has 1 fully saturated rings. The van der Waals surface area contributed by atoms with Gasteiger partial charge in [0.1, 0.15) is 0 Å². The van der Waals surface area contributed by atoms with E-state index in [0.717, 1.165) is 24.8 Å². The van der Waals surface area contributed by atoms with Gasteiger partial charge in [-0.15, -0.1) is 0 Å². The van der Waals surface area contributed by atoms with Crippen molar-refractivity contribution in [2.75, 3.05) is 19.6 Å². The second-order valence-corrected chi connectivity index (χ2v) is 7.01. The highest BCUT2D eigenvalue weighted by molar-refractivity contribution is 6.30. The molecule has 7 nitrogen and oxygen atoms in total. The van der Waals surface area contributed by atoms with Gasteiger partial charge in [-0.25, -0.2) is 0 Å². The molecular formula is C19H23ClN4O3. The third-order valence-corrected chi connectivity index (χ3v) is 4.90. The molecule has 0 spiro atoms. The zero-order valence-corrected chi connectivity index (χ0v) is 15.7. The van der Waals surface area contributed by atoms with Crippen LogP contribution in [0, 0.1) is 0 Å². The van der Waals surface area contributed by atoms with E-state index in [1.807, 2.05) is 12.1 Å². The Hall–Kier alpha value is -2.38. The molecule has 1 aliphatic rings. The van der Waals surface area contributed by atoms with Crippen molar-refractivity contribution >= 4 is 23.4 Å². The van der Waals surface area contributed by atoms with Gasteiger partial charge >= 0.3 is 0 Å². The standard InChI is InChI=1S/C19H23ClN4O3/c20-14-6-4-13(5-7-14)17-11-16(23-27-17)19(26)24-10-2-1-3-15(24)12-22-18(25)8-9-21/h4-7,11,15H,1-3,8-10,12,21H2,(H,22,25). The number of halogens is 1. The van der Waals surface area contributed by atoms with Gasteiger partial charge in [-0.1, -0.05) is 16.8 Å². The van der Waals surface area contributed by atoms with E-state index in [2.05, 4.69) is 10.5 Å². The first-order chi connectivity index (χ1) is 13.1. The normalized spacial score (nSPS) is 17.0. The van der Waals surface area contributed by atoms with Gasteiger partial charge in [-0.3, -0.25) is 9.59 Å². The molecule has 1 aromatic carbocycles. The maximum atomic E-state index is 12.9. The van der Waals surface area contributed by atoms with Crippen LogP contribution in [0.15, 0.2) is 34.9 Å². The molecule has 1 saturated heterocycles. The summed E-state index contributed by atoms with van der Waals surface area (Å²) >= 11 is 5.90. The minimum atomic E-state index is -0.184. The van der Waals surface area contributed by atoms with Crippen molar-refractivity contribution in [3.63, 3.8) is 0 Å². The number of hydrogen-bond donors (Lipinski definition) is 2. The number of nitrogens with one attached hydrogen (secondary N) is 1. The second kappa shape index (κ2) is 9.01. The fourth-order valence-electron chi connectivity index (χ4n) is 3.20. The smallest absolute Gasteiger partial charge is 0.276 e. The highest BCUT2D eigenvalue weighted by Crippen LogP contribution is 2.24. The summed E-state index contributed by atoms with van der Waals surface area (Å²) in [5.41, 5.74) is 6.46. The summed E-state index contributed by atoms with van der Waals surface area (Å²) in [4.78, 5) is 26.4. The highest BCUT2D eigenvalue weighted by atomic mass is 35.5. The van der Waals surface area contributed by atoms with Crippen LogP contribution in [0.4, 0.5) is 0 Å². The monoisotopic (exact) mass is 390 g/mol. The Kier molecular flexibility index (Phi) is 6.47. The number of hydrogen-bond acceptors (Lipinski definition) is 5. The Morgan fingerprint density at radius 3 is 2.81 bits per heavy atom. The Morgan fingerprint density at radius 2 is 2.07 bits per heavy atom. The molecule has 1 aliphatic heterocycles. The van der Waals surface area contributed by atoms with Crippen LogP contribution in [-0.4, -0.2) is 47.5 Å². The summed E-state index contributed by atoms with van der Waals surface area (Å²) in [6.45, 7) is 1.37. The molecule has 8 heteroatoms. The molecule has 3 N–H and O–H groups in total. The predicted octanol–water partition coefficient (Wildman–Crippen LogP) is 2.45. The van der Waals surface area contributed by atoms with E-state index in [0.29, 0.717) is 30.4 Å². The van der Waals surface area contributed by atoms with Gasteiger partial charge in [0.05, 0.1) is 0 Å². The van der Waals surface area contributed by atoms with Gasteiger partial charge in [0.2, 0.25) is 5.91 Å². The van der Waals surface area contributed by atoms with Crippen molar-refractivity contribution in [3.8, 4) is 11.3 Å². The van der Waals surface area contributed by atoms with E-state index in [4.69, 9.17) is 21.9 Å². The number of carbonyl (C=O) groups is 2. The molecule has 144 valence electrons. The Balaban J connectivity index is 1.69. The van der Waals surface area contributed by atoms with Gasteiger partial charge in [0, 0.05) is 48.7 Å². The molecule has 1 aromatic heterocycles. The summed E-state index contributed by atoms with van der Waals surface area (Å²) in [5, 5.41) is 7.43. The SMILES string of the molecule is NCCC(=O)NCC1CCCCN1C(=O)c1cc(-c2ccc(Cl)cc2)on1. The Bertz CT molecular complexity index is 791. The molecule has 1 unspecified atom stereocenters. The predicted molar refractivity (Wildman–Crippen MR) is 102 cm³/mol. The minimum absolute atomic E-state index is 0.0522. The van der Waals surface area contributed by atoms with Crippen molar-refractivity contribution in [1.82, 2.24) is 15.4 Å². The topological polar surface area (TPSA) is 101 Å². The molecule has 2 amide bonds. The average molecular weight is 391 g/mol. The summed E-state index contributed by atoms with van der Waals surface area (Å²) in [6.07, 6.45) is 3.09. The highest BCUT2D eigenvalue weighted by Gasteiger charge is 2.29. The maximum Gasteiger partial charge on any atom is 0.276 e. The average Bonchev–Trinajstić information content (AvgIpc) is 3.17. The summed E-state index contributed by atoms with van der Waals surface area (Å²) in [5.74, 6) is 0.235. The lowest BCUT2D eigenvalue weighted by molar-refractivity contribution is -0.121. The van der Waals surface area contributed by atoms with Crippen molar-refractivity contribution in [2.45, 2.75) is 31.7 Å². The largest absolute Gasteiger partial charge is 0.355 e. The molecule has 0 radical (unpaired) electrons. The van der Waals surface area contributed by atoms with Crippen LogP contribution in [0.1, 0.15) is 36.2 Å². The number of rotatable bonds is 6. The number of piperidine rings is 1. The molecule has 2 aromatic rings. The fraction of sp³-hybridized carbons (Fsp3) is 0.421. The second-order valence-electron chi connectivity index (χ2n) is 6.57. The van der Waals surface area contributed by atoms with Crippen LogP contribution in [0.3, 0.4) is 0 Å². The number of nitrogens with zero attached hydrogens (tertiary/aromatic N) is 2. The number of aromatic nitrogens is 1. The van der Waals surface area contributed by atoms with Gasteiger partial charge < -0.3 is 20.5 Å². The van der Waals surface area contributed by atoms with Gasteiger partial charge in [0.25, 0.3) is 5.91 Å². The zero-order chi connectivity index (χ0) is 19.2. The lowest BCUT2D eigenvalue weighted by Gasteiger charge is -2.35. The van der Waals surface area contributed by atoms with Crippen LogP contribution in [0.5, 0.6) is 0 Å². The number of amides is 2. The minimum Gasteiger partial charge on any atom is -0.355 e. The van der Waals surface area contributed by atoms with E-state index in [9.17, 15) is 9.59 Å². The van der Waals surface area contributed by atoms with Crippen LogP contribution in [0.2, 0.25) is 5.02 Å². The van der Waals surface area contributed by atoms with E-state index in [-0.39, 0.29) is 30.0 Å². The molecule has 0 aliphatic carbocycles. The fourth-order valence-corrected chi connectivity index (χ4v) is 3.33. The summed E-state index contributed by atoms with van der Waals surface area (Å²) in [7, 11) is 0. The van der Waals surface area contributed by atoms with Crippen molar-refractivity contribution < 1.29 is 14.1 Å². The number of carbonyl (C=O) groups excluding carboxylic acids is 2. The third kappa shape index (κ3) is 4.87. The molecular weight excluding hydrogens is 368 g/mol. The molecule has 1 atom stereocenters. The molecule has 3 rings (SSSR count). The number of nitrogens with two attached hydrogens (primary N) is 1. The first kappa shape index (κ1) is 19.4. The number of benzene rings is 1. The van der Waals surface area contributed by atoms with Crippen molar-refractivity contribution in [1.29, 1.82) is 0 Å². The third-order valence-electron chi connectivity index (χ3n) is 4.65. The van der Waals surface area contributed by atoms with Crippen molar-refractivity contribution in [3.05, 3.63) is 41.0 Å². The van der Waals surface area contributed by atoms with E-state index in [1.54, 1.807) is 23.1 Å². The quantitative estimate of drug-likeness (QED) is 0.788. The maximum absolute atomic E-state index is 12.9. The van der Waals surface area contributed by atoms with Crippen LogP contribution >= 0.6 is 11.6 Å². The summed E-state index contributed by atoms with van der Waals surface area (Å²) in [6, 6.07) is 8.73. The molecule has 0 saturated carbocycles. The number of likely N-dealkylation sites (tertiary alicyclic amines) is 1.